The molecule has 1 aromatic heterocycles. The van der Waals surface area contributed by atoms with Crippen LogP contribution in [0.5, 0.6) is 0 Å². The molecule has 2 rings (SSSR count). The lowest BCUT2D eigenvalue weighted by Gasteiger charge is -2.37. The van der Waals surface area contributed by atoms with E-state index < -0.39 is 17.6 Å². The second kappa shape index (κ2) is 5.40. The Labute approximate surface area is 110 Å². The number of nitrogens with two attached hydrogens (primary N) is 1. The maximum absolute atomic E-state index is 11.8. The van der Waals surface area contributed by atoms with E-state index in [1.54, 1.807) is 6.20 Å². The van der Waals surface area contributed by atoms with Crippen molar-refractivity contribution in [2.45, 2.75) is 43.7 Å². The highest BCUT2D eigenvalue weighted by molar-refractivity contribution is 5.84. The minimum Gasteiger partial charge on any atom is -0.480 e. The van der Waals surface area contributed by atoms with E-state index in [0.717, 1.165) is 19.3 Å². The van der Waals surface area contributed by atoms with Gasteiger partial charge in [0.05, 0.1) is 6.33 Å². The van der Waals surface area contributed by atoms with Crippen molar-refractivity contribution in [3.05, 3.63) is 18.2 Å². The normalized spacial score (nSPS) is 18.4. The van der Waals surface area contributed by atoms with Crippen molar-refractivity contribution in [3.8, 4) is 0 Å². The van der Waals surface area contributed by atoms with Crippen LogP contribution in [0.1, 0.15) is 31.4 Å². The Morgan fingerprint density at radius 3 is 2.79 bits per heavy atom. The molecule has 7 heteroatoms. The molecule has 0 spiro atoms. The maximum atomic E-state index is 11.8. The summed E-state index contributed by atoms with van der Waals surface area (Å²) in [5, 5.41) is 11.6. The summed E-state index contributed by atoms with van der Waals surface area (Å²) in [6.07, 6.45) is 6.04. The summed E-state index contributed by atoms with van der Waals surface area (Å²) in [6, 6.07) is -0.961. The van der Waals surface area contributed by atoms with Gasteiger partial charge in [-0.05, 0) is 19.3 Å². The van der Waals surface area contributed by atoms with Crippen LogP contribution in [0, 0.1) is 0 Å². The van der Waals surface area contributed by atoms with Crippen molar-refractivity contribution in [2.24, 2.45) is 5.73 Å². The molecule has 1 unspecified atom stereocenters. The van der Waals surface area contributed by atoms with E-state index in [4.69, 9.17) is 10.8 Å². The molecular formula is C12H18N4O3. The first-order valence-electron chi connectivity index (χ1n) is 6.27. The van der Waals surface area contributed by atoms with Crippen molar-refractivity contribution in [1.82, 2.24) is 15.3 Å². The number of nitrogens with one attached hydrogen (secondary N) is 2. The molecule has 7 nitrogen and oxygen atoms in total. The minimum atomic E-state index is -1.07. The average molecular weight is 266 g/mol. The minimum absolute atomic E-state index is 0.179. The predicted molar refractivity (Wildman–Crippen MR) is 67.2 cm³/mol. The van der Waals surface area contributed by atoms with Crippen molar-refractivity contribution in [3.63, 3.8) is 0 Å². The van der Waals surface area contributed by atoms with Crippen LogP contribution in [-0.2, 0) is 16.0 Å². The zero-order valence-corrected chi connectivity index (χ0v) is 10.6. The SMILES string of the molecule is NC1(CC(=O)NC(Cc2cnc[nH]2)C(=O)O)CCC1. The first-order valence-corrected chi connectivity index (χ1v) is 6.27. The number of hydrogen-bond donors (Lipinski definition) is 4. The number of aromatic amines is 1. The standard InChI is InChI=1S/C12H18N4O3/c13-12(2-1-3-12)5-10(17)16-9(11(18)19)4-8-6-14-7-15-8/h6-7,9H,1-5,13H2,(H,14,15)(H,16,17)(H,18,19). The Morgan fingerprint density at radius 1 is 1.58 bits per heavy atom. The summed E-state index contributed by atoms with van der Waals surface area (Å²) in [5.74, 6) is -1.38. The van der Waals surface area contributed by atoms with Crippen LogP contribution in [0.4, 0.5) is 0 Å². The quantitative estimate of drug-likeness (QED) is 0.568. The van der Waals surface area contributed by atoms with Gasteiger partial charge in [-0.25, -0.2) is 9.78 Å². The highest BCUT2D eigenvalue weighted by Crippen LogP contribution is 2.31. The monoisotopic (exact) mass is 266 g/mol. The highest BCUT2D eigenvalue weighted by Gasteiger charge is 2.35. The Bertz CT molecular complexity index is 454. The molecule has 1 atom stereocenters. The fourth-order valence-corrected chi connectivity index (χ4v) is 2.19. The number of hydrogen-bond acceptors (Lipinski definition) is 4. The largest absolute Gasteiger partial charge is 0.480 e. The first-order chi connectivity index (χ1) is 8.98. The molecule has 1 heterocycles. The number of H-pyrrole nitrogens is 1. The number of amides is 1. The van der Waals surface area contributed by atoms with Gasteiger partial charge in [-0.15, -0.1) is 0 Å². The molecule has 5 N–H and O–H groups in total. The van der Waals surface area contributed by atoms with Gasteiger partial charge in [0.15, 0.2) is 0 Å². The molecule has 0 aliphatic heterocycles. The molecule has 1 aliphatic rings. The summed E-state index contributed by atoms with van der Waals surface area (Å²) in [7, 11) is 0. The van der Waals surface area contributed by atoms with Gasteiger partial charge in [0.1, 0.15) is 6.04 Å². The molecule has 1 amide bonds. The molecule has 1 aliphatic carbocycles. The van der Waals surface area contributed by atoms with Gasteiger partial charge in [0.2, 0.25) is 5.91 Å². The Kier molecular flexibility index (Phi) is 3.84. The van der Waals surface area contributed by atoms with Crippen LogP contribution in [0.25, 0.3) is 0 Å². The number of nitrogens with zero attached hydrogens (tertiary/aromatic N) is 1. The summed E-state index contributed by atoms with van der Waals surface area (Å²) in [6.45, 7) is 0. The van der Waals surface area contributed by atoms with Crippen LogP contribution in [0.15, 0.2) is 12.5 Å². The van der Waals surface area contributed by atoms with E-state index in [1.165, 1.54) is 6.33 Å². The molecule has 1 aromatic rings. The number of carbonyl (C=O) groups excluding carboxylic acids is 1. The highest BCUT2D eigenvalue weighted by atomic mass is 16.4. The zero-order valence-electron chi connectivity index (χ0n) is 10.6. The number of rotatable bonds is 6. The number of imidazole rings is 1. The smallest absolute Gasteiger partial charge is 0.326 e. The van der Waals surface area contributed by atoms with Crippen LogP contribution < -0.4 is 11.1 Å². The number of carboxylic acid groups (broad SMARTS) is 1. The molecule has 1 saturated carbocycles. The number of carboxylic acids is 1. The van der Waals surface area contributed by atoms with Crippen molar-refractivity contribution >= 4 is 11.9 Å². The maximum Gasteiger partial charge on any atom is 0.326 e. The third-order valence-electron chi connectivity index (χ3n) is 3.47. The van der Waals surface area contributed by atoms with Gasteiger partial charge >= 0.3 is 5.97 Å². The molecule has 104 valence electrons. The summed E-state index contributed by atoms with van der Waals surface area (Å²) < 4.78 is 0. The van der Waals surface area contributed by atoms with E-state index in [0.29, 0.717) is 5.69 Å². The summed E-state index contributed by atoms with van der Waals surface area (Å²) in [4.78, 5) is 29.6. The van der Waals surface area contributed by atoms with E-state index in [1.807, 2.05) is 0 Å². The molecule has 0 saturated heterocycles. The lowest BCUT2D eigenvalue weighted by Crippen LogP contribution is -2.52. The molecule has 0 radical (unpaired) electrons. The predicted octanol–water partition coefficient (Wildman–Crippen LogP) is -0.207. The average Bonchev–Trinajstić information content (AvgIpc) is 2.78. The fraction of sp³-hybridized carbons (Fsp3) is 0.583. The van der Waals surface area contributed by atoms with Gasteiger partial charge in [-0.1, -0.05) is 0 Å². The second-order valence-electron chi connectivity index (χ2n) is 5.13. The lowest BCUT2D eigenvalue weighted by molar-refractivity contribution is -0.142. The third kappa shape index (κ3) is 3.54. The Hall–Kier alpha value is -1.89. The molecule has 0 bridgehead atoms. The number of aromatic nitrogens is 2. The molecule has 19 heavy (non-hydrogen) atoms. The van der Waals surface area contributed by atoms with Crippen LogP contribution in [-0.4, -0.2) is 38.5 Å². The van der Waals surface area contributed by atoms with E-state index in [-0.39, 0.29) is 18.7 Å². The number of aliphatic carboxylic acids is 1. The van der Waals surface area contributed by atoms with Gasteiger partial charge in [-0.2, -0.15) is 0 Å². The second-order valence-corrected chi connectivity index (χ2v) is 5.13. The van der Waals surface area contributed by atoms with Gasteiger partial charge in [-0.3, -0.25) is 4.79 Å². The van der Waals surface area contributed by atoms with Crippen LogP contribution in [0.2, 0.25) is 0 Å². The van der Waals surface area contributed by atoms with E-state index >= 15 is 0 Å². The Balaban J connectivity index is 1.89. The van der Waals surface area contributed by atoms with Crippen molar-refractivity contribution < 1.29 is 14.7 Å². The Morgan fingerprint density at radius 2 is 2.32 bits per heavy atom. The lowest BCUT2D eigenvalue weighted by atomic mass is 9.75. The van der Waals surface area contributed by atoms with Gasteiger partial charge in [0.25, 0.3) is 0 Å². The van der Waals surface area contributed by atoms with Crippen LogP contribution in [0.3, 0.4) is 0 Å². The summed E-state index contributed by atoms with van der Waals surface area (Å²) >= 11 is 0. The van der Waals surface area contributed by atoms with E-state index in [9.17, 15) is 9.59 Å². The fourth-order valence-electron chi connectivity index (χ4n) is 2.19. The number of carbonyl (C=O) groups is 2. The van der Waals surface area contributed by atoms with Crippen LogP contribution >= 0.6 is 0 Å². The van der Waals surface area contributed by atoms with Gasteiger partial charge in [0, 0.05) is 30.3 Å². The molecular weight excluding hydrogens is 248 g/mol. The van der Waals surface area contributed by atoms with E-state index in [2.05, 4.69) is 15.3 Å². The first kappa shape index (κ1) is 13.5. The summed E-state index contributed by atoms with van der Waals surface area (Å²) in [5.41, 5.74) is 6.19. The topological polar surface area (TPSA) is 121 Å². The molecule has 0 aromatic carbocycles. The zero-order chi connectivity index (χ0) is 13.9. The van der Waals surface area contributed by atoms with Crippen molar-refractivity contribution in [1.29, 1.82) is 0 Å². The van der Waals surface area contributed by atoms with Gasteiger partial charge < -0.3 is 21.1 Å². The van der Waals surface area contributed by atoms with Crippen molar-refractivity contribution in [2.75, 3.05) is 0 Å². The molecule has 1 fully saturated rings. The third-order valence-corrected chi connectivity index (χ3v) is 3.47.